The maximum absolute atomic E-state index is 13.0. The number of rotatable bonds is 7. The summed E-state index contributed by atoms with van der Waals surface area (Å²) >= 11 is 0. The number of para-hydroxylation sites is 1. The van der Waals surface area contributed by atoms with E-state index in [4.69, 9.17) is 9.47 Å². The number of benzene rings is 2. The van der Waals surface area contributed by atoms with Crippen molar-refractivity contribution in [1.82, 2.24) is 14.7 Å². The number of hydrogen-bond acceptors (Lipinski definition) is 4. The van der Waals surface area contributed by atoms with Crippen LogP contribution in [-0.2, 0) is 12.7 Å². The van der Waals surface area contributed by atoms with Crippen molar-refractivity contribution in [3.8, 4) is 17.2 Å². The lowest BCUT2D eigenvalue weighted by atomic mass is 10.2. The Balaban J connectivity index is 1.88. The fourth-order valence-electron chi connectivity index (χ4n) is 3.05. The SMILES string of the molecule is CCOc1ccccc1CN(C)C(=O)c1nn(-c2cccc(C(F)(F)F)c2)cc1OC. The molecule has 0 N–H and O–H groups in total. The second-order valence-electron chi connectivity index (χ2n) is 6.74. The molecule has 9 heteroatoms. The van der Waals surface area contributed by atoms with Gasteiger partial charge in [0.05, 0.1) is 31.2 Å². The average Bonchev–Trinajstić information content (AvgIpc) is 3.18. The standard InChI is InChI=1S/C22H22F3N3O3/c1-4-31-18-11-6-5-8-15(18)13-27(2)21(29)20-19(30-3)14-28(26-20)17-10-7-9-16(12-17)22(23,24)25/h5-12,14H,4,13H2,1-3H3. The van der Waals surface area contributed by atoms with Gasteiger partial charge in [-0.25, -0.2) is 4.68 Å². The molecule has 0 saturated carbocycles. The van der Waals surface area contributed by atoms with Gasteiger partial charge in [0, 0.05) is 19.2 Å². The Morgan fingerprint density at radius 1 is 1.13 bits per heavy atom. The largest absolute Gasteiger partial charge is 0.494 e. The lowest BCUT2D eigenvalue weighted by Gasteiger charge is -2.18. The molecule has 0 radical (unpaired) electrons. The summed E-state index contributed by atoms with van der Waals surface area (Å²) in [4.78, 5) is 14.5. The van der Waals surface area contributed by atoms with Crippen LogP contribution in [0.4, 0.5) is 13.2 Å². The zero-order chi connectivity index (χ0) is 22.6. The van der Waals surface area contributed by atoms with Gasteiger partial charge >= 0.3 is 6.18 Å². The lowest BCUT2D eigenvalue weighted by Crippen LogP contribution is -2.27. The first kappa shape index (κ1) is 22.2. The lowest BCUT2D eigenvalue weighted by molar-refractivity contribution is -0.137. The van der Waals surface area contributed by atoms with Crippen molar-refractivity contribution in [2.45, 2.75) is 19.6 Å². The van der Waals surface area contributed by atoms with E-state index in [1.165, 1.54) is 35.0 Å². The van der Waals surface area contributed by atoms with Gasteiger partial charge in [0.1, 0.15) is 5.75 Å². The van der Waals surface area contributed by atoms with Gasteiger partial charge in [0.15, 0.2) is 11.4 Å². The number of aromatic nitrogens is 2. The van der Waals surface area contributed by atoms with Crippen LogP contribution in [0.25, 0.3) is 5.69 Å². The van der Waals surface area contributed by atoms with Crippen molar-refractivity contribution in [2.75, 3.05) is 20.8 Å². The Morgan fingerprint density at radius 2 is 1.87 bits per heavy atom. The summed E-state index contributed by atoms with van der Waals surface area (Å²) in [6.45, 7) is 2.62. The molecule has 1 amide bonds. The molecule has 1 heterocycles. The number of carbonyl (C=O) groups is 1. The van der Waals surface area contributed by atoms with Gasteiger partial charge in [-0.2, -0.15) is 18.3 Å². The number of nitrogens with zero attached hydrogens (tertiary/aromatic N) is 3. The Labute approximate surface area is 177 Å². The molecule has 3 rings (SSSR count). The van der Waals surface area contributed by atoms with Crippen LogP contribution in [0.1, 0.15) is 28.5 Å². The monoisotopic (exact) mass is 433 g/mol. The van der Waals surface area contributed by atoms with Crippen LogP contribution in [0.2, 0.25) is 0 Å². The number of amides is 1. The number of alkyl halides is 3. The van der Waals surface area contributed by atoms with Crippen molar-refractivity contribution in [1.29, 1.82) is 0 Å². The minimum absolute atomic E-state index is 0.00342. The minimum atomic E-state index is -4.49. The molecular formula is C22H22F3N3O3. The molecule has 0 aliphatic carbocycles. The molecule has 31 heavy (non-hydrogen) atoms. The molecule has 164 valence electrons. The fourth-order valence-corrected chi connectivity index (χ4v) is 3.05. The van der Waals surface area contributed by atoms with Crippen LogP contribution in [0.15, 0.2) is 54.7 Å². The number of methoxy groups -OCH3 is 1. The van der Waals surface area contributed by atoms with E-state index in [0.29, 0.717) is 12.4 Å². The predicted molar refractivity (Wildman–Crippen MR) is 109 cm³/mol. The molecule has 0 bridgehead atoms. The zero-order valence-electron chi connectivity index (χ0n) is 17.3. The molecule has 0 spiro atoms. The van der Waals surface area contributed by atoms with E-state index >= 15 is 0 Å². The first-order chi connectivity index (χ1) is 14.7. The Morgan fingerprint density at radius 3 is 2.55 bits per heavy atom. The van der Waals surface area contributed by atoms with E-state index < -0.39 is 17.6 Å². The molecule has 1 aromatic heterocycles. The second kappa shape index (κ2) is 9.11. The molecule has 2 aromatic carbocycles. The van der Waals surface area contributed by atoms with E-state index in [2.05, 4.69) is 5.10 Å². The van der Waals surface area contributed by atoms with Crippen molar-refractivity contribution in [3.05, 3.63) is 71.5 Å². The van der Waals surface area contributed by atoms with Gasteiger partial charge in [-0.05, 0) is 31.2 Å². The first-order valence-corrected chi connectivity index (χ1v) is 9.52. The highest BCUT2D eigenvalue weighted by atomic mass is 19.4. The number of hydrogen-bond donors (Lipinski definition) is 0. The average molecular weight is 433 g/mol. The Kier molecular flexibility index (Phi) is 6.53. The second-order valence-corrected chi connectivity index (χ2v) is 6.74. The van der Waals surface area contributed by atoms with Crippen LogP contribution < -0.4 is 9.47 Å². The number of carbonyl (C=O) groups excluding carboxylic acids is 1. The smallest absolute Gasteiger partial charge is 0.416 e. The van der Waals surface area contributed by atoms with E-state index in [9.17, 15) is 18.0 Å². The minimum Gasteiger partial charge on any atom is -0.494 e. The molecule has 0 atom stereocenters. The van der Waals surface area contributed by atoms with Crippen molar-refractivity contribution >= 4 is 5.91 Å². The molecule has 6 nitrogen and oxygen atoms in total. The highest BCUT2D eigenvalue weighted by molar-refractivity contribution is 5.94. The maximum atomic E-state index is 13.0. The van der Waals surface area contributed by atoms with Gasteiger partial charge in [0.2, 0.25) is 0 Å². The summed E-state index contributed by atoms with van der Waals surface area (Å²) in [5.74, 6) is 0.396. The van der Waals surface area contributed by atoms with E-state index in [0.717, 1.165) is 17.7 Å². The molecule has 0 saturated heterocycles. The summed E-state index contributed by atoms with van der Waals surface area (Å²) in [6, 6.07) is 12.0. The van der Waals surface area contributed by atoms with Crippen molar-refractivity contribution in [3.63, 3.8) is 0 Å². The molecule has 0 aliphatic rings. The van der Waals surface area contributed by atoms with Crippen LogP contribution in [0.3, 0.4) is 0 Å². The molecule has 3 aromatic rings. The van der Waals surface area contributed by atoms with Gasteiger partial charge in [-0.15, -0.1) is 0 Å². The van der Waals surface area contributed by atoms with E-state index in [1.807, 2.05) is 31.2 Å². The summed E-state index contributed by atoms with van der Waals surface area (Å²) < 4.78 is 51.2. The quantitative estimate of drug-likeness (QED) is 0.548. The van der Waals surface area contributed by atoms with Crippen molar-refractivity contribution < 1.29 is 27.4 Å². The van der Waals surface area contributed by atoms with Gasteiger partial charge < -0.3 is 14.4 Å². The van der Waals surface area contributed by atoms with Crippen LogP contribution in [0.5, 0.6) is 11.5 Å². The number of halogens is 3. The highest BCUT2D eigenvalue weighted by Gasteiger charge is 2.31. The predicted octanol–water partition coefficient (Wildman–Crippen LogP) is 4.57. The third kappa shape index (κ3) is 4.99. The zero-order valence-corrected chi connectivity index (χ0v) is 17.3. The van der Waals surface area contributed by atoms with Crippen LogP contribution >= 0.6 is 0 Å². The fraction of sp³-hybridized carbons (Fsp3) is 0.273. The van der Waals surface area contributed by atoms with Gasteiger partial charge in [0.25, 0.3) is 5.91 Å². The topological polar surface area (TPSA) is 56.6 Å². The van der Waals surface area contributed by atoms with Gasteiger partial charge in [-0.3, -0.25) is 4.79 Å². The third-order valence-electron chi connectivity index (χ3n) is 4.57. The summed E-state index contributed by atoms with van der Waals surface area (Å²) in [5.41, 5.74) is 0.168. The molecular weight excluding hydrogens is 411 g/mol. The molecule has 0 fully saturated rings. The van der Waals surface area contributed by atoms with Crippen LogP contribution in [-0.4, -0.2) is 41.4 Å². The summed E-state index contributed by atoms with van der Waals surface area (Å²) in [6.07, 6.45) is -3.11. The Hall–Kier alpha value is -3.49. The number of ether oxygens (including phenoxy) is 2. The molecule has 0 unspecified atom stereocenters. The highest BCUT2D eigenvalue weighted by Crippen LogP contribution is 2.31. The van der Waals surface area contributed by atoms with Crippen LogP contribution in [0, 0.1) is 0 Å². The van der Waals surface area contributed by atoms with Crippen molar-refractivity contribution in [2.24, 2.45) is 0 Å². The van der Waals surface area contributed by atoms with E-state index in [-0.39, 0.29) is 23.7 Å². The van der Waals surface area contributed by atoms with E-state index in [1.54, 1.807) is 7.05 Å². The third-order valence-corrected chi connectivity index (χ3v) is 4.57. The first-order valence-electron chi connectivity index (χ1n) is 9.52. The maximum Gasteiger partial charge on any atom is 0.416 e. The summed E-state index contributed by atoms with van der Waals surface area (Å²) in [5, 5.41) is 4.20. The molecule has 0 aliphatic heterocycles. The van der Waals surface area contributed by atoms with Gasteiger partial charge in [-0.1, -0.05) is 24.3 Å². The normalized spacial score (nSPS) is 11.3. The Bertz CT molecular complexity index is 1060. The summed E-state index contributed by atoms with van der Waals surface area (Å²) in [7, 11) is 2.97.